The summed E-state index contributed by atoms with van der Waals surface area (Å²) in [5.74, 6) is 0.483. The number of hydrogen-bond donors (Lipinski definition) is 0. The maximum atomic E-state index is 13.0. The van der Waals surface area contributed by atoms with Crippen molar-refractivity contribution in [2.75, 3.05) is 13.2 Å². The van der Waals surface area contributed by atoms with E-state index in [1.165, 1.54) is 0 Å². The van der Waals surface area contributed by atoms with Gasteiger partial charge in [-0.25, -0.2) is 0 Å². The molecular formula is C20H29NO4. The van der Waals surface area contributed by atoms with Crippen LogP contribution >= 0.6 is 0 Å². The van der Waals surface area contributed by atoms with E-state index < -0.39 is 0 Å². The Labute approximate surface area is 150 Å². The quantitative estimate of drug-likeness (QED) is 0.671. The molecule has 25 heavy (non-hydrogen) atoms. The van der Waals surface area contributed by atoms with Gasteiger partial charge in [-0.3, -0.25) is 9.59 Å². The molecule has 1 aromatic carbocycles. The number of rotatable bonds is 8. The third-order valence-electron chi connectivity index (χ3n) is 4.36. The fourth-order valence-corrected chi connectivity index (χ4v) is 3.22. The maximum absolute atomic E-state index is 13.0. The van der Waals surface area contributed by atoms with Crippen molar-refractivity contribution in [1.29, 1.82) is 0 Å². The number of carbonyl (C=O) groups is 2. The first-order valence-corrected chi connectivity index (χ1v) is 9.24. The predicted octanol–water partition coefficient (Wildman–Crippen LogP) is 3.81. The Bertz CT molecular complexity index is 562. The Morgan fingerprint density at radius 2 is 1.80 bits per heavy atom. The monoisotopic (exact) mass is 347 g/mol. The van der Waals surface area contributed by atoms with Gasteiger partial charge in [-0.2, -0.15) is 0 Å². The van der Waals surface area contributed by atoms with Crippen molar-refractivity contribution in [3.63, 3.8) is 0 Å². The van der Waals surface area contributed by atoms with Crippen molar-refractivity contribution in [2.24, 2.45) is 0 Å². The van der Waals surface area contributed by atoms with Crippen molar-refractivity contribution < 1.29 is 19.1 Å². The van der Waals surface area contributed by atoms with Crippen LogP contribution in [0.1, 0.15) is 63.2 Å². The molecule has 138 valence electrons. The second-order valence-corrected chi connectivity index (χ2v) is 6.68. The molecule has 0 unspecified atom stereocenters. The molecule has 1 amide bonds. The molecule has 0 heterocycles. The van der Waals surface area contributed by atoms with Crippen LogP contribution in [0.3, 0.4) is 0 Å². The van der Waals surface area contributed by atoms with Gasteiger partial charge < -0.3 is 14.4 Å². The van der Waals surface area contributed by atoms with Gasteiger partial charge in [0.15, 0.2) is 0 Å². The number of amides is 1. The molecule has 1 fully saturated rings. The van der Waals surface area contributed by atoms with Crippen LogP contribution in [-0.4, -0.2) is 42.1 Å². The summed E-state index contributed by atoms with van der Waals surface area (Å²) in [6.07, 6.45) is 4.61. The zero-order valence-electron chi connectivity index (χ0n) is 15.5. The second-order valence-electron chi connectivity index (χ2n) is 6.68. The van der Waals surface area contributed by atoms with Gasteiger partial charge in [0.05, 0.1) is 19.1 Å². The van der Waals surface area contributed by atoms with Gasteiger partial charge in [-0.05, 0) is 57.9 Å². The zero-order chi connectivity index (χ0) is 18.2. The summed E-state index contributed by atoms with van der Waals surface area (Å²) in [7, 11) is 0. The van der Waals surface area contributed by atoms with E-state index >= 15 is 0 Å². The first kappa shape index (κ1) is 19.3. The van der Waals surface area contributed by atoms with Crippen molar-refractivity contribution in [3.8, 4) is 5.75 Å². The van der Waals surface area contributed by atoms with Gasteiger partial charge in [-0.15, -0.1) is 0 Å². The molecule has 1 saturated carbocycles. The Balaban J connectivity index is 2.06. The largest absolute Gasteiger partial charge is 0.491 e. The average molecular weight is 347 g/mol. The van der Waals surface area contributed by atoms with E-state index in [2.05, 4.69) is 0 Å². The average Bonchev–Trinajstić information content (AvgIpc) is 3.09. The van der Waals surface area contributed by atoms with Gasteiger partial charge in [-0.1, -0.05) is 12.8 Å². The minimum atomic E-state index is -0.251. The molecule has 0 N–H and O–H groups in total. The summed E-state index contributed by atoms with van der Waals surface area (Å²) >= 11 is 0. The topological polar surface area (TPSA) is 55.8 Å². The minimum Gasteiger partial charge on any atom is -0.491 e. The summed E-state index contributed by atoms with van der Waals surface area (Å²) in [5, 5.41) is 0. The molecule has 0 bridgehead atoms. The van der Waals surface area contributed by atoms with Crippen LogP contribution in [0.2, 0.25) is 0 Å². The highest BCUT2D eigenvalue weighted by molar-refractivity contribution is 5.94. The van der Waals surface area contributed by atoms with E-state index in [-0.39, 0.29) is 30.4 Å². The molecule has 2 rings (SSSR count). The highest BCUT2D eigenvalue weighted by Gasteiger charge is 2.28. The van der Waals surface area contributed by atoms with Crippen LogP contribution in [0.25, 0.3) is 0 Å². The molecule has 0 saturated heterocycles. The number of hydrogen-bond acceptors (Lipinski definition) is 4. The summed E-state index contributed by atoms with van der Waals surface area (Å²) in [6, 6.07) is 7.46. The Hall–Kier alpha value is -2.04. The van der Waals surface area contributed by atoms with E-state index in [4.69, 9.17) is 9.47 Å². The fourth-order valence-electron chi connectivity index (χ4n) is 3.22. The van der Waals surface area contributed by atoms with Gasteiger partial charge in [0, 0.05) is 18.2 Å². The molecule has 5 heteroatoms. The molecule has 1 aliphatic rings. The summed E-state index contributed by atoms with van der Waals surface area (Å²) in [4.78, 5) is 26.5. The maximum Gasteiger partial charge on any atom is 0.307 e. The fraction of sp³-hybridized carbons (Fsp3) is 0.600. The lowest BCUT2D eigenvalue weighted by Crippen LogP contribution is -2.40. The molecule has 0 aromatic heterocycles. The van der Waals surface area contributed by atoms with E-state index in [0.717, 1.165) is 31.4 Å². The van der Waals surface area contributed by atoms with Crippen LogP contribution in [0, 0.1) is 0 Å². The lowest BCUT2D eigenvalue weighted by molar-refractivity contribution is -0.143. The first-order valence-electron chi connectivity index (χ1n) is 9.24. The van der Waals surface area contributed by atoms with Crippen LogP contribution in [0.4, 0.5) is 0 Å². The third kappa shape index (κ3) is 5.76. The summed E-state index contributed by atoms with van der Waals surface area (Å²) < 4.78 is 10.6. The Morgan fingerprint density at radius 1 is 1.16 bits per heavy atom. The van der Waals surface area contributed by atoms with E-state index in [9.17, 15) is 9.59 Å². The van der Waals surface area contributed by atoms with Gasteiger partial charge in [0.25, 0.3) is 5.91 Å². The van der Waals surface area contributed by atoms with Gasteiger partial charge in [0.2, 0.25) is 0 Å². The lowest BCUT2D eigenvalue weighted by Gasteiger charge is -2.29. The number of carbonyl (C=O) groups excluding carboxylic acids is 2. The van der Waals surface area contributed by atoms with Gasteiger partial charge >= 0.3 is 5.97 Å². The highest BCUT2D eigenvalue weighted by atomic mass is 16.5. The lowest BCUT2D eigenvalue weighted by atomic mass is 10.1. The van der Waals surface area contributed by atoms with Crippen LogP contribution in [0.5, 0.6) is 5.75 Å². The predicted molar refractivity (Wildman–Crippen MR) is 96.7 cm³/mol. The molecule has 1 aromatic rings. The second kappa shape index (κ2) is 9.44. The highest BCUT2D eigenvalue weighted by Crippen LogP contribution is 2.26. The Morgan fingerprint density at radius 3 is 2.36 bits per heavy atom. The van der Waals surface area contributed by atoms with Crippen molar-refractivity contribution in [3.05, 3.63) is 29.8 Å². The van der Waals surface area contributed by atoms with Crippen molar-refractivity contribution >= 4 is 11.9 Å². The summed E-state index contributed by atoms with van der Waals surface area (Å²) in [6.45, 7) is 6.51. The van der Waals surface area contributed by atoms with E-state index in [0.29, 0.717) is 18.7 Å². The number of benzene rings is 1. The molecule has 1 aliphatic carbocycles. The number of ether oxygens (including phenoxy) is 2. The number of esters is 1. The normalized spacial score (nSPS) is 14.6. The SMILES string of the molecule is CCOC(=O)CCN(C(=O)c1ccc(OC(C)C)cc1)C1CCCC1. The molecule has 0 atom stereocenters. The molecular weight excluding hydrogens is 318 g/mol. The van der Waals surface area contributed by atoms with Crippen LogP contribution in [-0.2, 0) is 9.53 Å². The van der Waals surface area contributed by atoms with Crippen LogP contribution in [0.15, 0.2) is 24.3 Å². The number of nitrogens with zero attached hydrogens (tertiary/aromatic N) is 1. The van der Waals surface area contributed by atoms with E-state index in [1.54, 1.807) is 19.1 Å². The third-order valence-corrected chi connectivity index (χ3v) is 4.36. The standard InChI is InChI=1S/C20H29NO4/c1-4-24-19(22)13-14-21(17-7-5-6-8-17)20(23)16-9-11-18(12-10-16)25-15(2)3/h9-12,15,17H,4-8,13-14H2,1-3H3. The smallest absolute Gasteiger partial charge is 0.307 e. The zero-order valence-corrected chi connectivity index (χ0v) is 15.5. The molecule has 0 aliphatic heterocycles. The molecule has 0 radical (unpaired) electrons. The van der Waals surface area contributed by atoms with Crippen LogP contribution < -0.4 is 4.74 Å². The molecule has 5 nitrogen and oxygen atoms in total. The van der Waals surface area contributed by atoms with Crippen molar-refractivity contribution in [2.45, 2.75) is 65.0 Å². The van der Waals surface area contributed by atoms with Gasteiger partial charge in [0.1, 0.15) is 5.75 Å². The van der Waals surface area contributed by atoms with Crippen molar-refractivity contribution in [1.82, 2.24) is 4.90 Å². The Kier molecular flexibility index (Phi) is 7.29. The van der Waals surface area contributed by atoms with E-state index in [1.807, 2.05) is 30.9 Å². The molecule has 0 spiro atoms. The summed E-state index contributed by atoms with van der Waals surface area (Å²) in [5.41, 5.74) is 0.631. The minimum absolute atomic E-state index is 0.0210. The first-order chi connectivity index (χ1) is 12.0.